The largest absolute Gasteiger partial charge is 0.326 e. The van der Waals surface area contributed by atoms with Gasteiger partial charge in [0.05, 0.1) is 6.20 Å². The molecule has 1 atom stereocenters. The molecule has 0 radical (unpaired) electrons. The second kappa shape index (κ2) is 4.90. The Morgan fingerprint density at radius 1 is 1.56 bits per heavy atom. The third kappa shape index (κ3) is 2.68. The van der Waals surface area contributed by atoms with Crippen LogP contribution in [0, 0.1) is 0 Å². The molecule has 2 N–H and O–H groups in total. The molecule has 9 heteroatoms. The van der Waals surface area contributed by atoms with Crippen molar-refractivity contribution < 1.29 is 17.2 Å². The van der Waals surface area contributed by atoms with Gasteiger partial charge in [-0.3, -0.25) is 4.68 Å². The highest BCUT2D eigenvalue weighted by Gasteiger charge is 2.31. The first-order chi connectivity index (χ1) is 8.39. The molecule has 6 nitrogen and oxygen atoms in total. The molecule has 1 saturated heterocycles. The molecule has 2 rings (SSSR count). The molecule has 102 valence electrons. The van der Waals surface area contributed by atoms with Crippen LogP contribution in [0.4, 0.5) is 8.78 Å². The average molecular weight is 280 g/mol. The fraction of sp³-hybridized carbons (Fsp3) is 0.667. The Balaban J connectivity index is 2.17. The van der Waals surface area contributed by atoms with Gasteiger partial charge in [0.1, 0.15) is 11.4 Å². The van der Waals surface area contributed by atoms with Crippen molar-refractivity contribution in [3.8, 4) is 0 Å². The van der Waals surface area contributed by atoms with Crippen LogP contribution in [0.3, 0.4) is 0 Å². The maximum Gasteiger partial charge on any atom is 0.257 e. The van der Waals surface area contributed by atoms with Gasteiger partial charge >= 0.3 is 0 Å². The number of halogens is 2. The summed E-state index contributed by atoms with van der Waals surface area (Å²) in [6, 6.07) is -0.170. The Bertz CT molecular complexity index is 516. The predicted molar refractivity (Wildman–Crippen MR) is 59.6 cm³/mol. The molecule has 0 aromatic carbocycles. The van der Waals surface area contributed by atoms with Crippen LogP contribution in [0.5, 0.6) is 0 Å². The van der Waals surface area contributed by atoms with Gasteiger partial charge in [-0.2, -0.15) is 9.40 Å². The summed E-state index contributed by atoms with van der Waals surface area (Å²) in [5.41, 5.74) is 5.64. The molecule has 0 bridgehead atoms. The van der Waals surface area contributed by atoms with Crippen LogP contribution in [-0.2, 0) is 16.6 Å². The minimum Gasteiger partial charge on any atom is -0.326 e. The van der Waals surface area contributed by atoms with E-state index in [0.717, 1.165) is 17.1 Å². The molecule has 1 aliphatic heterocycles. The Morgan fingerprint density at radius 2 is 2.28 bits per heavy atom. The zero-order valence-corrected chi connectivity index (χ0v) is 10.4. The number of rotatable bonds is 4. The zero-order valence-electron chi connectivity index (χ0n) is 9.54. The molecular weight excluding hydrogens is 266 g/mol. The van der Waals surface area contributed by atoms with E-state index in [1.807, 2.05) is 0 Å². The number of nitrogens with two attached hydrogens (primary N) is 1. The van der Waals surface area contributed by atoms with E-state index >= 15 is 0 Å². The second-order valence-corrected chi connectivity index (χ2v) is 6.14. The van der Waals surface area contributed by atoms with E-state index in [9.17, 15) is 17.2 Å². The molecule has 0 amide bonds. The van der Waals surface area contributed by atoms with Gasteiger partial charge in [-0.25, -0.2) is 17.2 Å². The highest BCUT2D eigenvalue weighted by Crippen LogP contribution is 2.19. The molecule has 1 aliphatic rings. The lowest BCUT2D eigenvalue weighted by molar-refractivity contribution is 0.121. The fourth-order valence-corrected chi connectivity index (χ4v) is 3.31. The van der Waals surface area contributed by atoms with Gasteiger partial charge in [-0.1, -0.05) is 0 Å². The van der Waals surface area contributed by atoms with Crippen LogP contribution in [0.1, 0.15) is 6.42 Å². The van der Waals surface area contributed by atoms with E-state index in [1.54, 1.807) is 0 Å². The van der Waals surface area contributed by atoms with Crippen LogP contribution in [0.15, 0.2) is 17.3 Å². The van der Waals surface area contributed by atoms with Crippen molar-refractivity contribution in [2.45, 2.75) is 30.3 Å². The summed E-state index contributed by atoms with van der Waals surface area (Å²) >= 11 is 0. The fourth-order valence-electron chi connectivity index (χ4n) is 1.84. The van der Waals surface area contributed by atoms with Crippen molar-refractivity contribution >= 4 is 10.0 Å². The van der Waals surface area contributed by atoms with Crippen molar-refractivity contribution in [1.29, 1.82) is 0 Å². The first-order valence-electron chi connectivity index (χ1n) is 5.46. The lowest BCUT2D eigenvalue weighted by Gasteiger charge is -2.14. The molecule has 1 aromatic rings. The van der Waals surface area contributed by atoms with E-state index in [0.29, 0.717) is 13.0 Å². The summed E-state index contributed by atoms with van der Waals surface area (Å²) in [7, 11) is -3.66. The number of aromatic nitrogens is 2. The molecule has 0 spiro atoms. The summed E-state index contributed by atoms with van der Waals surface area (Å²) in [5, 5.41) is 3.61. The standard InChI is InChI=1S/C9H14F2N4O2S/c10-9(11)6-14-5-8(3-13-14)18(16,17)15-2-1-7(12)4-15/h3,5,7,9H,1-2,4,6,12H2/t7-/m1/s1. The summed E-state index contributed by atoms with van der Waals surface area (Å²) < 4.78 is 50.7. The molecule has 1 fully saturated rings. The minimum absolute atomic E-state index is 0.0720. The molecule has 1 aromatic heterocycles. The Kier molecular flexibility index (Phi) is 3.64. The van der Waals surface area contributed by atoms with Crippen molar-refractivity contribution in [3.05, 3.63) is 12.4 Å². The van der Waals surface area contributed by atoms with Gasteiger partial charge in [0.15, 0.2) is 0 Å². The SMILES string of the molecule is N[C@@H]1CCN(S(=O)(=O)c2cnn(CC(F)F)c2)C1. The first-order valence-corrected chi connectivity index (χ1v) is 6.90. The van der Waals surface area contributed by atoms with Crippen LogP contribution >= 0.6 is 0 Å². The summed E-state index contributed by atoms with van der Waals surface area (Å²) in [5.74, 6) is 0. The number of hydrogen-bond donors (Lipinski definition) is 1. The van der Waals surface area contributed by atoms with Gasteiger partial charge < -0.3 is 5.73 Å². The van der Waals surface area contributed by atoms with Gasteiger partial charge in [0.25, 0.3) is 6.43 Å². The van der Waals surface area contributed by atoms with Crippen molar-refractivity contribution in [2.24, 2.45) is 5.73 Å². The third-order valence-corrected chi connectivity index (χ3v) is 4.58. The topological polar surface area (TPSA) is 81.2 Å². The Hall–Kier alpha value is -1.06. The lowest BCUT2D eigenvalue weighted by Crippen LogP contribution is -2.31. The zero-order chi connectivity index (χ0) is 13.3. The minimum atomic E-state index is -3.66. The van der Waals surface area contributed by atoms with Crippen molar-refractivity contribution in [3.63, 3.8) is 0 Å². The molecular formula is C9H14F2N4O2S. The number of sulfonamides is 1. The number of hydrogen-bond acceptors (Lipinski definition) is 4. The quantitative estimate of drug-likeness (QED) is 0.833. The third-order valence-electron chi connectivity index (χ3n) is 2.76. The molecule has 0 unspecified atom stereocenters. The first kappa shape index (κ1) is 13.4. The molecule has 18 heavy (non-hydrogen) atoms. The lowest BCUT2D eigenvalue weighted by atomic mass is 10.3. The van der Waals surface area contributed by atoms with E-state index in [4.69, 9.17) is 5.73 Å². The van der Waals surface area contributed by atoms with Crippen LogP contribution in [0.25, 0.3) is 0 Å². The van der Waals surface area contributed by atoms with Gasteiger partial charge in [-0.05, 0) is 6.42 Å². The van der Waals surface area contributed by atoms with E-state index in [2.05, 4.69) is 5.10 Å². The second-order valence-electron chi connectivity index (χ2n) is 4.20. The molecule has 0 saturated carbocycles. The average Bonchev–Trinajstić information content (AvgIpc) is 2.86. The van der Waals surface area contributed by atoms with E-state index in [1.165, 1.54) is 4.31 Å². The summed E-state index contributed by atoms with van der Waals surface area (Å²) in [6.07, 6.45) is 0.234. The normalized spacial score (nSPS) is 21.9. The maximum absolute atomic E-state index is 12.1. The Morgan fingerprint density at radius 3 is 2.83 bits per heavy atom. The highest BCUT2D eigenvalue weighted by molar-refractivity contribution is 7.89. The van der Waals surface area contributed by atoms with Crippen LogP contribution in [-0.4, -0.2) is 48.1 Å². The maximum atomic E-state index is 12.1. The summed E-state index contributed by atoms with van der Waals surface area (Å²) in [4.78, 5) is -0.0720. The smallest absolute Gasteiger partial charge is 0.257 e. The van der Waals surface area contributed by atoms with Crippen molar-refractivity contribution in [2.75, 3.05) is 13.1 Å². The predicted octanol–water partition coefficient (Wildman–Crippen LogP) is -0.130. The molecule has 0 aliphatic carbocycles. The van der Waals surface area contributed by atoms with Gasteiger partial charge in [-0.15, -0.1) is 0 Å². The van der Waals surface area contributed by atoms with Crippen molar-refractivity contribution in [1.82, 2.24) is 14.1 Å². The monoisotopic (exact) mass is 280 g/mol. The number of alkyl halides is 2. The number of nitrogens with zero attached hydrogens (tertiary/aromatic N) is 3. The highest BCUT2D eigenvalue weighted by atomic mass is 32.2. The van der Waals surface area contributed by atoms with Crippen LogP contribution < -0.4 is 5.73 Å². The summed E-state index contributed by atoms with van der Waals surface area (Å²) in [6.45, 7) is -0.0130. The van der Waals surface area contributed by atoms with Gasteiger partial charge in [0, 0.05) is 25.3 Å². The Labute approximate surface area is 103 Å². The van der Waals surface area contributed by atoms with E-state index in [-0.39, 0.29) is 17.5 Å². The van der Waals surface area contributed by atoms with Crippen LogP contribution in [0.2, 0.25) is 0 Å². The van der Waals surface area contributed by atoms with Gasteiger partial charge in [0.2, 0.25) is 10.0 Å². The molecule has 2 heterocycles. The van der Waals surface area contributed by atoms with E-state index < -0.39 is 23.0 Å².